The van der Waals surface area contributed by atoms with Gasteiger partial charge in [-0.05, 0) is 42.9 Å². The van der Waals surface area contributed by atoms with Crippen molar-refractivity contribution in [2.24, 2.45) is 5.92 Å². The van der Waals surface area contributed by atoms with E-state index in [1.54, 1.807) is 0 Å². The van der Waals surface area contributed by atoms with Crippen LogP contribution in [-0.4, -0.2) is 28.7 Å². The van der Waals surface area contributed by atoms with Crippen LogP contribution >= 0.6 is 0 Å². The first-order chi connectivity index (χ1) is 10.8. The monoisotopic (exact) mass is 313 g/mol. The largest absolute Gasteiger partial charge is 0.299 e. The number of nitrogens with one attached hydrogen (secondary N) is 1. The zero-order valence-electron chi connectivity index (χ0n) is 15.4. The van der Waals surface area contributed by atoms with Crippen molar-refractivity contribution in [3.8, 4) is 0 Å². The van der Waals surface area contributed by atoms with E-state index in [9.17, 15) is 0 Å². The predicted molar refractivity (Wildman–Crippen MR) is 97.6 cm³/mol. The number of benzene rings is 1. The van der Waals surface area contributed by atoms with E-state index >= 15 is 0 Å². The molecule has 1 N–H and O–H groups in total. The van der Waals surface area contributed by atoms with Crippen molar-refractivity contribution in [3.63, 3.8) is 0 Å². The van der Waals surface area contributed by atoms with Gasteiger partial charge in [0.1, 0.15) is 0 Å². The van der Waals surface area contributed by atoms with Crippen molar-refractivity contribution in [2.45, 2.75) is 52.5 Å². The third-order valence-corrected chi connectivity index (χ3v) is 4.67. The van der Waals surface area contributed by atoms with E-state index in [2.05, 4.69) is 81.0 Å². The Morgan fingerprint density at radius 2 is 1.78 bits per heavy atom. The fraction of sp³-hybridized carbons (Fsp3) is 0.550. The lowest BCUT2D eigenvalue weighted by molar-refractivity contribution is 0.226. The zero-order chi connectivity index (χ0) is 17.0. The van der Waals surface area contributed by atoms with Gasteiger partial charge in [-0.15, -0.1) is 0 Å². The zero-order valence-corrected chi connectivity index (χ0v) is 15.4. The molecule has 0 aliphatic carbocycles. The van der Waals surface area contributed by atoms with Crippen LogP contribution in [0.3, 0.4) is 0 Å². The van der Waals surface area contributed by atoms with Crippen LogP contribution in [0.5, 0.6) is 0 Å². The number of nitrogens with zero attached hydrogens (tertiary/aromatic N) is 2. The molecule has 1 aromatic heterocycles. The topological polar surface area (TPSA) is 31.9 Å². The van der Waals surface area contributed by atoms with Gasteiger partial charge >= 0.3 is 0 Å². The molecule has 0 saturated carbocycles. The maximum Gasteiger partial charge on any atom is 0.0535 e. The average molecular weight is 313 g/mol. The van der Waals surface area contributed by atoms with Gasteiger partial charge in [-0.25, -0.2) is 0 Å². The van der Waals surface area contributed by atoms with Gasteiger partial charge in [0.2, 0.25) is 0 Å². The van der Waals surface area contributed by atoms with Crippen molar-refractivity contribution in [2.75, 3.05) is 13.6 Å². The first-order valence-corrected chi connectivity index (χ1v) is 8.55. The number of hydrogen-bond donors (Lipinski definition) is 1. The maximum atomic E-state index is 4.05. The Balaban J connectivity index is 1.90. The van der Waals surface area contributed by atoms with Gasteiger partial charge in [-0.1, -0.05) is 52.0 Å². The minimum Gasteiger partial charge on any atom is -0.299 e. The van der Waals surface area contributed by atoms with Crippen molar-refractivity contribution in [1.82, 2.24) is 15.1 Å². The highest BCUT2D eigenvalue weighted by atomic mass is 15.1. The standard InChI is InChI=1S/C20H31N3/c1-15(14-23(6)16(2)18-12-21-22-13-18)11-17-7-9-19(10-8-17)20(3,4)5/h7-10,12-13,15-16H,11,14H2,1-6H3,(H,21,22). The second-order valence-electron chi connectivity index (χ2n) is 7.90. The van der Waals surface area contributed by atoms with E-state index in [4.69, 9.17) is 0 Å². The van der Waals surface area contributed by atoms with Gasteiger partial charge < -0.3 is 0 Å². The van der Waals surface area contributed by atoms with Crippen molar-refractivity contribution >= 4 is 0 Å². The smallest absolute Gasteiger partial charge is 0.0535 e. The minimum atomic E-state index is 0.227. The average Bonchev–Trinajstić information content (AvgIpc) is 3.00. The fourth-order valence-corrected chi connectivity index (χ4v) is 3.00. The highest BCUT2D eigenvalue weighted by Crippen LogP contribution is 2.23. The summed E-state index contributed by atoms with van der Waals surface area (Å²) >= 11 is 0. The first-order valence-electron chi connectivity index (χ1n) is 8.55. The Morgan fingerprint density at radius 1 is 1.13 bits per heavy atom. The van der Waals surface area contributed by atoms with Crippen molar-refractivity contribution in [3.05, 3.63) is 53.3 Å². The molecule has 0 spiro atoms. The number of hydrogen-bond acceptors (Lipinski definition) is 2. The van der Waals surface area contributed by atoms with Gasteiger partial charge in [-0.3, -0.25) is 10.00 Å². The Bertz CT molecular complexity index is 578. The summed E-state index contributed by atoms with van der Waals surface area (Å²) < 4.78 is 0. The number of aromatic amines is 1. The summed E-state index contributed by atoms with van der Waals surface area (Å²) in [5.74, 6) is 0.620. The molecule has 0 bridgehead atoms. The number of aromatic nitrogens is 2. The summed E-state index contributed by atoms with van der Waals surface area (Å²) in [7, 11) is 2.19. The second-order valence-corrected chi connectivity index (χ2v) is 7.90. The molecule has 0 radical (unpaired) electrons. The molecular formula is C20H31N3. The Kier molecular flexibility index (Phi) is 5.64. The molecule has 1 aromatic carbocycles. The normalized spacial score (nSPS) is 14.9. The quantitative estimate of drug-likeness (QED) is 0.846. The molecule has 3 nitrogen and oxygen atoms in total. The minimum absolute atomic E-state index is 0.227. The van der Waals surface area contributed by atoms with E-state index in [1.807, 2.05) is 12.4 Å². The summed E-state index contributed by atoms with van der Waals surface area (Å²) in [6.45, 7) is 12.4. The van der Waals surface area contributed by atoms with E-state index in [1.165, 1.54) is 16.7 Å². The van der Waals surface area contributed by atoms with Crippen LogP contribution in [0.2, 0.25) is 0 Å². The molecule has 23 heavy (non-hydrogen) atoms. The Hall–Kier alpha value is -1.61. The van der Waals surface area contributed by atoms with Crippen LogP contribution < -0.4 is 0 Å². The predicted octanol–water partition coefficient (Wildman–Crippen LogP) is 4.58. The number of H-pyrrole nitrogens is 1. The lowest BCUT2D eigenvalue weighted by atomic mass is 9.86. The molecule has 126 valence electrons. The Morgan fingerprint density at radius 3 is 2.30 bits per heavy atom. The Labute approximate surface area is 141 Å². The molecule has 0 amide bonds. The van der Waals surface area contributed by atoms with Crippen molar-refractivity contribution < 1.29 is 0 Å². The molecular weight excluding hydrogens is 282 g/mol. The molecule has 3 heteroatoms. The van der Waals surface area contributed by atoms with Crippen LogP contribution in [0.25, 0.3) is 0 Å². The highest BCUT2D eigenvalue weighted by molar-refractivity contribution is 5.27. The molecule has 0 aliphatic rings. The molecule has 2 atom stereocenters. The van der Waals surface area contributed by atoms with E-state index in [0.717, 1.165) is 13.0 Å². The SMILES string of the molecule is CC(Cc1ccc(C(C)(C)C)cc1)CN(C)C(C)c1cn[nH]c1. The van der Waals surface area contributed by atoms with Crippen LogP contribution in [0.15, 0.2) is 36.7 Å². The van der Waals surface area contributed by atoms with Gasteiger partial charge in [0.05, 0.1) is 6.20 Å². The van der Waals surface area contributed by atoms with E-state index in [-0.39, 0.29) is 5.41 Å². The van der Waals surface area contributed by atoms with Gasteiger partial charge in [0, 0.05) is 24.3 Å². The van der Waals surface area contributed by atoms with E-state index in [0.29, 0.717) is 12.0 Å². The molecule has 2 unspecified atom stereocenters. The number of rotatable bonds is 6. The summed E-state index contributed by atoms with van der Waals surface area (Å²) in [5, 5.41) is 6.95. The summed E-state index contributed by atoms with van der Waals surface area (Å²) in [6, 6.07) is 9.52. The van der Waals surface area contributed by atoms with Gasteiger partial charge in [0.25, 0.3) is 0 Å². The molecule has 0 aliphatic heterocycles. The molecule has 0 saturated heterocycles. The lowest BCUT2D eigenvalue weighted by Gasteiger charge is -2.27. The first kappa shape index (κ1) is 17.7. The molecule has 1 heterocycles. The van der Waals surface area contributed by atoms with Crippen molar-refractivity contribution in [1.29, 1.82) is 0 Å². The summed E-state index contributed by atoms with van der Waals surface area (Å²) in [5.41, 5.74) is 4.30. The molecule has 2 rings (SSSR count). The van der Waals surface area contributed by atoms with Crippen LogP contribution in [-0.2, 0) is 11.8 Å². The maximum absolute atomic E-state index is 4.05. The fourth-order valence-electron chi connectivity index (χ4n) is 3.00. The lowest BCUT2D eigenvalue weighted by Crippen LogP contribution is -2.28. The van der Waals surface area contributed by atoms with Crippen LogP contribution in [0, 0.1) is 5.92 Å². The summed E-state index contributed by atoms with van der Waals surface area (Å²) in [6.07, 6.45) is 5.01. The second kappa shape index (κ2) is 7.31. The van der Waals surface area contributed by atoms with E-state index < -0.39 is 0 Å². The third kappa shape index (κ3) is 4.93. The van der Waals surface area contributed by atoms with Gasteiger partial charge in [0.15, 0.2) is 0 Å². The molecule has 2 aromatic rings. The highest BCUT2D eigenvalue weighted by Gasteiger charge is 2.16. The summed E-state index contributed by atoms with van der Waals surface area (Å²) in [4.78, 5) is 2.40. The molecule has 0 fully saturated rings. The van der Waals surface area contributed by atoms with Gasteiger partial charge in [-0.2, -0.15) is 5.10 Å². The third-order valence-electron chi connectivity index (χ3n) is 4.67. The van der Waals surface area contributed by atoms with Crippen LogP contribution in [0.1, 0.15) is 57.4 Å². The van der Waals surface area contributed by atoms with Crippen LogP contribution in [0.4, 0.5) is 0 Å².